The van der Waals surface area contributed by atoms with Gasteiger partial charge in [-0.15, -0.1) is 0 Å². The van der Waals surface area contributed by atoms with E-state index in [0.29, 0.717) is 5.95 Å². The van der Waals surface area contributed by atoms with Crippen molar-refractivity contribution in [3.8, 4) is 5.75 Å². The van der Waals surface area contributed by atoms with Gasteiger partial charge in [-0.25, -0.2) is 4.98 Å². The van der Waals surface area contributed by atoms with E-state index < -0.39 is 0 Å². The molecule has 0 aliphatic carbocycles. The van der Waals surface area contributed by atoms with E-state index in [2.05, 4.69) is 27.5 Å². The molecule has 0 amide bonds. The fourth-order valence-electron chi connectivity index (χ4n) is 1.77. The Morgan fingerprint density at radius 1 is 1.15 bits per heavy atom. The summed E-state index contributed by atoms with van der Waals surface area (Å²) in [5.74, 6) is 2.27. The van der Waals surface area contributed by atoms with Crippen LogP contribution in [0, 0.1) is 6.92 Å². The number of methoxy groups -OCH3 is 1. The molecule has 0 saturated heterocycles. The van der Waals surface area contributed by atoms with E-state index in [4.69, 9.17) is 4.74 Å². The number of hydrogen-bond acceptors (Lipinski definition) is 5. The van der Waals surface area contributed by atoms with Crippen molar-refractivity contribution < 1.29 is 4.74 Å². The van der Waals surface area contributed by atoms with Crippen molar-refractivity contribution >= 4 is 17.5 Å². The van der Waals surface area contributed by atoms with Gasteiger partial charge in [-0.2, -0.15) is 4.98 Å². The summed E-state index contributed by atoms with van der Waals surface area (Å²) in [6.45, 7) is 4.93. The summed E-state index contributed by atoms with van der Waals surface area (Å²) >= 11 is 0. The summed E-state index contributed by atoms with van der Waals surface area (Å²) in [7, 11) is 1.65. The molecule has 0 aliphatic heterocycles. The first-order chi connectivity index (χ1) is 9.71. The SMILES string of the molecule is CCCNc1nc(C)cc(Nc2ccc(OC)cc2)n1. The average molecular weight is 272 g/mol. The second kappa shape index (κ2) is 6.75. The lowest BCUT2D eigenvalue weighted by Gasteiger charge is -2.10. The lowest BCUT2D eigenvalue weighted by molar-refractivity contribution is 0.415. The normalized spacial score (nSPS) is 10.2. The highest BCUT2D eigenvalue weighted by atomic mass is 16.5. The van der Waals surface area contributed by atoms with Crippen molar-refractivity contribution in [1.82, 2.24) is 9.97 Å². The number of anilines is 3. The van der Waals surface area contributed by atoms with E-state index >= 15 is 0 Å². The monoisotopic (exact) mass is 272 g/mol. The molecule has 2 aromatic rings. The van der Waals surface area contributed by atoms with E-state index in [0.717, 1.165) is 35.9 Å². The van der Waals surface area contributed by atoms with Gasteiger partial charge in [-0.1, -0.05) is 6.92 Å². The first kappa shape index (κ1) is 14.1. The highest BCUT2D eigenvalue weighted by molar-refractivity contribution is 5.58. The molecule has 1 aromatic carbocycles. The minimum absolute atomic E-state index is 0.655. The smallest absolute Gasteiger partial charge is 0.224 e. The summed E-state index contributed by atoms with van der Waals surface area (Å²) in [5.41, 5.74) is 1.89. The van der Waals surface area contributed by atoms with Gasteiger partial charge in [0.25, 0.3) is 0 Å². The van der Waals surface area contributed by atoms with Gasteiger partial charge < -0.3 is 15.4 Å². The van der Waals surface area contributed by atoms with Gasteiger partial charge in [-0.3, -0.25) is 0 Å². The highest BCUT2D eigenvalue weighted by Crippen LogP contribution is 2.19. The predicted molar refractivity (Wildman–Crippen MR) is 81.8 cm³/mol. The molecule has 0 bridgehead atoms. The number of hydrogen-bond donors (Lipinski definition) is 2. The average Bonchev–Trinajstić information content (AvgIpc) is 2.45. The molecule has 0 spiro atoms. The van der Waals surface area contributed by atoms with Crippen LogP contribution in [0.5, 0.6) is 5.75 Å². The Bertz CT molecular complexity index is 554. The first-order valence-electron chi connectivity index (χ1n) is 6.72. The maximum absolute atomic E-state index is 5.14. The Hall–Kier alpha value is -2.30. The van der Waals surface area contributed by atoms with E-state index in [1.165, 1.54) is 0 Å². The molecule has 0 fully saturated rings. The summed E-state index contributed by atoms with van der Waals surface area (Å²) in [6, 6.07) is 9.64. The van der Waals surface area contributed by atoms with Crippen molar-refractivity contribution in [1.29, 1.82) is 0 Å². The Morgan fingerprint density at radius 3 is 2.55 bits per heavy atom. The van der Waals surface area contributed by atoms with Gasteiger partial charge in [-0.05, 0) is 37.6 Å². The molecule has 0 radical (unpaired) electrons. The zero-order chi connectivity index (χ0) is 14.4. The van der Waals surface area contributed by atoms with Crippen molar-refractivity contribution in [3.63, 3.8) is 0 Å². The highest BCUT2D eigenvalue weighted by Gasteiger charge is 2.02. The Labute approximate surface area is 119 Å². The topological polar surface area (TPSA) is 59.1 Å². The van der Waals surface area contributed by atoms with Crippen LogP contribution in [0.15, 0.2) is 30.3 Å². The maximum Gasteiger partial charge on any atom is 0.224 e. The number of ether oxygens (including phenoxy) is 1. The molecule has 20 heavy (non-hydrogen) atoms. The van der Waals surface area contributed by atoms with E-state index in [9.17, 15) is 0 Å². The second-order valence-corrected chi connectivity index (χ2v) is 4.50. The summed E-state index contributed by atoms with van der Waals surface area (Å²) < 4.78 is 5.14. The fraction of sp³-hybridized carbons (Fsp3) is 0.333. The van der Waals surface area contributed by atoms with Crippen LogP contribution >= 0.6 is 0 Å². The van der Waals surface area contributed by atoms with Gasteiger partial charge in [0.15, 0.2) is 0 Å². The van der Waals surface area contributed by atoms with Crippen LogP contribution in [0.3, 0.4) is 0 Å². The van der Waals surface area contributed by atoms with Crippen LogP contribution in [0.4, 0.5) is 17.5 Å². The lowest BCUT2D eigenvalue weighted by Crippen LogP contribution is -2.06. The molecule has 0 unspecified atom stereocenters. The second-order valence-electron chi connectivity index (χ2n) is 4.50. The molecule has 0 aliphatic rings. The molecule has 0 atom stereocenters. The van der Waals surface area contributed by atoms with Crippen molar-refractivity contribution in [3.05, 3.63) is 36.0 Å². The third-order valence-electron chi connectivity index (χ3n) is 2.75. The number of nitrogens with one attached hydrogen (secondary N) is 2. The summed E-state index contributed by atoms with van der Waals surface area (Å²) in [4.78, 5) is 8.80. The molecule has 106 valence electrons. The van der Waals surface area contributed by atoms with Crippen LogP contribution in [0.2, 0.25) is 0 Å². The molecule has 2 N–H and O–H groups in total. The minimum Gasteiger partial charge on any atom is -0.497 e. The van der Waals surface area contributed by atoms with E-state index in [1.807, 2.05) is 37.3 Å². The quantitative estimate of drug-likeness (QED) is 0.844. The van der Waals surface area contributed by atoms with Crippen LogP contribution in [-0.4, -0.2) is 23.6 Å². The van der Waals surface area contributed by atoms with Gasteiger partial charge in [0, 0.05) is 24.0 Å². The molecular weight excluding hydrogens is 252 g/mol. The fourth-order valence-corrected chi connectivity index (χ4v) is 1.77. The molecule has 2 rings (SSSR count). The maximum atomic E-state index is 5.14. The van der Waals surface area contributed by atoms with Crippen molar-refractivity contribution in [2.75, 3.05) is 24.3 Å². The molecule has 1 heterocycles. The summed E-state index contributed by atoms with van der Waals surface area (Å²) in [6.07, 6.45) is 1.04. The molecule has 1 aromatic heterocycles. The van der Waals surface area contributed by atoms with E-state index in [1.54, 1.807) is 7.11 Å². The number of nitrogens with zero attached hydrogens (tertiary/aromatic N) is 2. The number of aromatic nitrogens is 2. The summed E-state index contributed by atoms with van der Waals surface area (Å²) in [5, 5.41) is 6.46. The van der Waals surface area contributed by atoms with E-state index in [-0.39, 0.29) is 0 Å². The first-order valence-corrected chi connectivity index (χ1v) is 6.72. The van der Waals surface area contributed by atoms with Gasteiger partial charge in [0.05, 0.1) is 7.11 Å². The van der Waals surface area contributed by atoms with Gasteiger partial charge in [0.2, 0.25) is 5.95 Å². The zero-order valence-corrected chi connectivity index (χ0v) is 12.1. The third-order valence-corrected chi connectivity index (χ3v) is 2.75. The van der Waals surface area contributed by atoms with Crippen LogP contribution in [0.1, 0.15) is 19.0 Å². The number of aryl methyl sites for hydroxylation is 1. The van der Waals surface area contributed by atoms with Crippen LogP contribution in [0.25, 0.3) is 0 Å². The van der Waals surface area contributed by atoms with Crippen LogP contribution < -0.4 is 15.4 Å². The Kier molecular flexibility index (Phi) is 4.76. The number of rotatable bonds is 6. The van der Waals surface area contributed by atoms with Crippen LogP contribution in [-0.2, 0) is 0 Å². The zero-order valence-electron chi connectivity index (χ0n) is 12.1. The third kappa shape index (κ3) is 3.85. The van der Waals surface area contributed by atoms with Gasteiger partial charge in [0.1, 0.15) is 11.6 Å². The van der Waals surface area contributed by atoms with Crippen molar-refractivity contribution in [2.45, 2.75) is 20.3 Å². The molecule has 5 nitrogen and oxygen atoms in total. The standard InChI is InChI=1S/C15H20N4O/c1-4-9-16-15-17-11(2)10-14(19-15)18-12-5-7-13(20-3)8-6-12/h5-8,10H,4,9H2,1-3H3,(H2,16,17,18,19). The molecule has 5 heteroatoms. The molecule has 0 saturated carbocycles. The predicted octanol–water partition coefficient (Wildman–Crippen LogP) is 3.36. The minimum atomic E-state index is 0.655. The Morgan fingerprint density at radius 2 is 1.90 bits per heavy atom. The van der Waals surface area contributed by atoms with Gasteiger partial charge >= 0.3 is 0 Å². The van der Waals surface area contributed by atoms with Crippen molar-refractivity contribution in [2.24, 2.45) is 0 Å². The number of benzene rings is 1. The largest absolute Gasteiger partial charge is 0.497 e. The Balaban J connectivity index is 2.12. The lowest BCUT2D eigenvalue weighted by atomic mass is 10.3. The molecular formula is C15H20N4O.